The van der Waals surface area contributed by atoms with E-state index in [0.717, 1.165) is 5.56 Å². The fraction of sp³-hybridized carbons (Fsp3) is 0.250. The Morgan fingerprint density at radius 2 is 1.90 bits per heavy atom. The SMILES string of the molecule is C=C[C@H](C)[C@@H](NS(=O)(=O)c1ccc(C)cc1)c1ccco1. The summed E-state index contributed by atoms with van der Waals surface area (Å²) in [6.45, 7) is 7.53. The van der Waals surface area contributed by atoms with Crippen molar-refractivity contribution in [3.8, 4) is 0 Å². The molecule has 0 aliphatic heterocycles. The summed E-state index contributed by atoms with van der Waals surface area (Å²) < 4.78 is 33.0. The minimum atomic E-state index is -3.62. The lowest BCUT2D eigenvalue weighted by atomic mass is 10.0. The van der Waals surface area contributed by atoms with Crippen molar-refractivity contribution in [2.24, 2.45) is 5.92 Å². The van der Waals surface area contributed by atoms with Crippen LogP contribution in [0.3, 0.4) is 0 Å². The van der Waals surface area contributed by atoms with Gasteiger partial charge in [0.1, 0.15) is 5.76 Å². The maximum absolute atomic E-state index is 12.5. The van der Waals surface area contributed by atoms with Crippen LogP contribution in [-0.4, -0.2) is 8.42 Å². The first-order chi connectivity index (χ1) is 9.94. The first-order valence-electron chi connectivity index (χ1n) is 6.69. The van der Waals surface area contributed by atoms with Crippen LogP contribution in [0.5, 0.6) is 0 Å². The number of benzene rings is 1. The van der Waals surface area contributed by atoms with E-state index < -0.39 is 16.1 Å². The van der Waals surface area contributed by atoms with Gasteiger partial charge in [-0.1, -0.05) is 30.7 Å². The summed E-state index contributed by atoms with van der Waals surface area (Å²) in [6, 6.07) is 9.73. The number of rotatable bonds is 6. The summed E-state index contributed by atoms with van der Waals surface area (Å²) >= 11 is 0. The molecular weight excluding hydrogens is 286 g/mol. The molecular formula is C16H19NO3S. The van der Waals surface area contributed by atoms with Crippen LogP contribution in [0.2, 0.25) is 0 Å². The fourth-order valence-corrected chi connectivity index (χ4v) is 3.28. The van der Waals surface area contributed by atoms with Gasteiger partial charge in [0.25, 0.3) is 0 Å². The normalized spacial score (nSPS) is 14.6. The van der Waals surface area contributed by atoms with Gasteiger partial charge in [0.15, 0.2) is 0 Å². The minimum Gasteiger partial charge on any atom is -0.468 e. The molecule has 0 saturated carbocycles. The van der Waals surface area contributed by atoms with E-state index in [9.17, 15) is 8.42 Å². The van der Waals surface area contributed by atoms with Crippen molar-refractivity contribution >= 4 is 10.0 Å². The van der Waals surface area contributed by atoms with Gasteiger partial charge in [0, 0.05) is 0 Å². The van der Waals surface area contributed by atoms with Gasteiger partial charge in [-0.3, -0.25) is 0 Å². The van der Waals surface area contributed by atoms with Crippen LogP contribution in [0.1, 0.15) is 24.3 Å². The Balaban J connectivity index is 2.31. The molecule has 0 aliphatic rings. The van der Waals surface area contributed by atoms with E-state index >= 15 is 0 Å². The van der Waals surface area contributed by atoms with Crippen LogP contribution in [0.25, 0.3) is 0 Å². The summed E-state index contributed by atoms with van der Waals surface area (Å²) in [5.41, 5.74) is 1.01. The molecule has 0 saturated heterocycles. The Labute approximate surface area is 125 Å². The van der Waals surface area contributed by atoms with Crippen molar-refractivity contribution in [1.82, 2.24) is 4.72 Å². The van der Waals surface area contributed by atoms with Crippen molar-refractivity contribution in [1.29, 1.82) is 0 Å². The molecule has 0 amide bonds. The Bertz CT molecular complexity index is 688. The van der Waals surface area contributed by atoms with E-state index in [1.54, 1.807) is 42.5 Å². The van der Waals surface area contributed by atoms with Crippen molar-refractivity contribution < 1.29 is 12.8 Å². The zero-order chi connectivity index (χ0) is 15.5. The molecule has 2 aromatic rings. The van der Waals surface area contributed by atoms with Crippen LogP contribution < -0.4 is 4.72 Å². The average molecular weight is 305 g/mol. The summed E-state index contributed by atoms with van der Waals surface area (Å²) in [5.74, 6) is 0.467. The highest BCUT2D eigenvalue weighted by molar-refractivity contribution is 7.89. The van der Waals surface area contributed by atoms with Crippen LogP contribution in [0, 0.1) is 12.8 Å². The molecule has 1 aromatic heterocycles. The second-order valence-corrected chi connectivity index (χ2v) is 6.74. The Kier molecular flexibility index (Phi) is 4.65. The van der Waals surface area contributed by atoms with E-state index in [0.29, 0.717) is 5.76 Å². The van der Waals surface area contributed by atoms with Crippen molar-refractivity contribution in [3.05, 3.63) is 66.6 Å². The molecule has 0 unspecified atom stereocenters. The molecule has 4 nitrogen and oxygen atoms in total. The number of sulfonamides is 1. The number of furan rings is 1. The van der Waals surface area contributed by atoms with Crippen molar-refractivity contribution in [3.63, 3.8) is 0 Å². The fourth-order valence-electron chi connectivity index (χ4n) is 1.98. The molecule has 1 aromatic carbocycles. The van der Waals surface area contributed by atoms with E-state index in [4.69, 9.17) is 4.42 Å². The summed E-state index contributed by atoms with van der Waals surface area (Å²) in [5, 5.41) is 0. The topological polar surface area (TPSA) is 59.3 Å². The number of nitrogens with one attached hydrogen (secondary N) is 1. The van der Waals surface area contributed by atoms with Gasteiger partial charge in [0.2, 0.25) is 10.0 Å². The summed E-state index contributed by atoms with van der Waals surface area (Å²) in [6.07, 6.45) is 3.23. The summed E-state index contributed by atoms with van der Waals surface area (Å²) in [7, 11) is -3.62. The van der Waals surface area contributed by atoms with E-state index in [2.05, 4.69) is 11.3 Å². The van der Waals surface area contributed by atoms with Gasteiger partial charge < -0.3 is 4.42 Å². The van der Waals surface area contributed by atoms with E-state index in [1.165, 1.54) is 6.26 Å². The molecule has 0 radical (unpaired) electrons. The van der Waals surface area contributed by atoms with Crippen LogP contribution in [0.15, 0.2) is 64.6 Å². The highest BCUT2D eigenvalue weighted by atomic mass is 32.2. The van der Waals surface area contributed by atoms with Crippen LogP contribution >= 0.6 is 0 Å². The molecule has 0 aliphatic carbocycles. The lowest BCUT2D eigenvalue weighted by Crippen LogP contribution is -2.31. The van der Waals surface area contributed by atoms with Gasteiger partial charge in [-0.2, -0.15) is 4.72 Å². The smallest absolute Gasteiger partial charge is 0.241 e. The van der Waals surface area contributed by atoms with Crippen molar-refractivity contribution in [2.45, 2.75) is 24.8 Å². The standard InChI is InChI=1S/C16H19NO3S/c1-4-13(3)16(15-6-5-11-20-15)17-21(18,19)14-9-7-12(2)8-10-14/h4-11,13,16-17H,1H2,2-3H3/t13-,16+/m0/s1. The highest BCUT2D eigenvalue weighted by Crippen LogP contribution is 2.25. The van der Waals surface area contributed by atoms with Gasteiger partial charge in [0.05, 0.1) is 17.2 Å². The van der Waals surface area contributed by atoms with Gasteiger partial charge in [-0.25, -0.2) is 8.42 Å². The Morgan fingerprint density at radius 1 is 1.24 bits per heavy atom. The Hall–Kier alpha value is -1.85. The molecule has 2 rings (SSSR count). The van der Waals surface area contributed by atoms with Gasteiger partial charge in [-0.15, -0.1) is 6.58 Å². The average Bonchev–Trinajstić information content (AvgIpc) is 2.98. The van der Waals surface area contributed by atoms with Crippen LogP contribution in [0.4, 0.5) is 0 Å². The molecule has 1 N–H and O–H groups in total. The third kappa shape index (κ3) is 3.62. The molecule has 2 atom stereocenters. The number of aryl methyl sites for hydroxylation is 1. The monoisotopic (exact) mass is 305 g/mol. The molecule has 0 spiro atoms. The predicted octanol–water partition coefficient (Wildman–Crippen LogP) is 3.43. The molecule has 0 fully saturated rings. The molecule has 21 heavy (non-hydrogen) atoms. The van der Waals surface area contributed by atoms with Crippen LogP contribution in [-0.2, 0) is 10.0 Å². The molecule has 5 heteroatoms. The van der Waals surface area contributed by atoms with Gasteiger partial charge >= 0.3 is 0 Å². The number of hydrogen-bond acceptors (Lipinski definition) is 3. The molecule has 1 heterocycles. The number of hydrogen-bond donors (Lipinski definition) is 1. The quantitative estimate of drug-likeness (QED) is 0.832. The maximum Gasteiger partial charge on any atom is 0.241 e. The van der Waals surface area contributed by atoms with E-state index in [-0.39, 0.29) is 10.8 Å². The molecule has 0 bridgehead atoms. The second kappa shape index (κ2) is 6.28. The Morgan fingerprint density at radius 3 is 2.43 bits per heavy atom. The zero-order valence-electron chi connectivity index (χ0n) is 12.1. The zero-order valence-corrected chi connectivity index (χ0v) is 12.9. The largest absolute Gasteiger partial charge is 0.468 e. The maximum atomic E-state index is 12.5. The second-order valence-electron chi connectivity index (χ2n) is 5.02. The lowest BCUT2D eigenvalue weighted by molar-refractivity contribution is 0.398. The minimum absolute atomic E-state index is 0.101. The lowest BCUT2D eigenvalue weighted by Gasteiger charge is -2.20. The molecule has 112 valence electrons. The van der Waals surface area contributed by atoms with Crippen molar-refractivity contribution in [2.75, 3.05) is 0 Å². The third-order valence-corrected chi connectivity index (χ3v) is 4.82. The van der Waals surface area contributed by atoms with Gasteiger partial charge in [-0.05, 0) is 37.1 Å². The first kappa shape index (κ1) is 15.5. The first-order valence-corrected chi connectivity index (χ1v) is 8.17. The van der Waals surface area contributed by atoms with E-state index in [1.807, 2.05) is 13.8 Å². The predicted molar refractivity (Wildman–Crippen MR) is 82.3 cm³/mol. The summed E-state index contributed by atoms with van der Waals surface area (Å²) in [4.78, 5) is 0.237. The third-order valence-electron chi connectivity index (χ3n) is 3.36. The highest BCUT2D eigenvalue weighted by Gasteiger charge is 2.26.